The number of hydrogen-bond donors (Lipinski definition) is 1. The lowest BCUT2D eigenvalue weighted by molar-refractivity contribution is -0.181. The van der Waals surface area contributed by atoms with E-state index in [0.29, 0.717) is 24.0 Å². The van der Waals surface area contributed by atoms with E-state index in [9.17, 15) is 14.7 Å². The third-order valence-corrected chi connectivity index (χ3v) is 16.3. The van der Waals surface area contributed by atoms with Gasteiger partial charge in [-0.2, -0.15) is 0 Å². The van der Waals surface area contributed by atoms with E-state index in [0.717, 1.165) is 63.4 Å². The molecule has 0 radical (unpaired) electrons. The minimum absolute atomic E-state index is 0.00596. The maximum Gasteiger partial charge on any atom is 0.331 e. The third kappa shape index (κ3) is 3.46. The number of cyclic esters (lactones) is 1. The first-order valence-corrected chi connectivity index (χ1v) is 18.2. The molecule has 2 bridgehead atoms. The van der Waals surface area contributed by atoms with E-state index in [1.165, 1.54) is 5.57 Å². The van der Waals surface area contributed by atoms with Crippen molar-refractivity contribution in [2.45, 2.75) is 116 Å². The highest BCUT2D eigenvalue weighted by atomic mass is 16.6. The van der Waals surface area contributed by atoms with Crippen LogP contribution in [0.4, 0.5) is 0 Å². The van der Waals surface area contributed by atoms with Crippen LogP contribution in [0.1, 0.15) is 104 Å². The average Bonchev–Trinajstić information content (AvgIpc) is 3.86. The number of carboxylic acids is 1. The molecule has 1 aromatic heterocycles. The second kappa shape index (κ2) is 9.53. The van der Waals surface area contributed by atoms with Crippen molar-refractivity contribution in [2.24, 2.45) is 50.7 Å². The maximum absolute atomic E-state index is 14.4. The molecule has 0 unspecified atom stereocenters. The van der Waals surface area contributed by atoms with E-state index in [2.05, 4.69) is 52.8 Å². The minimum Gasteiger partial charge on any atom is -0.478 e. The van der Waals surface area contributed by atoms with Crippen LogP contribution in [-0.4, -0.2) is 41.5 Å². The molecule has 2 spiro atoms. The fraction of sp³-hybridized carbons (Fsp3) is 0.700. The maximum atomic E-state index is 14.4. The van der Waals surface area contributed by atoms with E-state index in [-0.39, 0.29) is 63.4 Å². The van der Waals surface area contributed by atoms with Crippen molar-refractivity contribution in [1.29, 1.82) is 0 Å². The monoisotopic (exact) mass is 642 g/mol. The first-order valence-electron chi connectivity index (χ1n) is 18.2. The largest absolute Gasteiger partial charge is 0.478 e. The Kier molecular flexibility index (Phi) is 6.17. The Morgan fingerprint density at radius 3 is 2.68 bits per heavy atom. The zero-order valence-electron chi connectivity index (χ0n) is 28.6. The van der Waals surface area contributed by atoms with Gasteiger partial charge in [-0.25, -0.2) is 4.79 Å². The Labute approximate surface area is 278 Å². The van der Waals surface area contributed by atoms with Crippen molar-refractivity contribution >= 4 is 11.9 Å². The van der Waals surface area contributed by atoms with Gasteiger partial charge in [0, 0.05) is 33.3 Å². The Hall–Kier alpha value is -2.64. The molecule has 0 aromatic carbocycles. The quantitative estimate of drug-likeness (QED) is 0.257. The topological polar surface area (TPSA) is 95.2 Å². The van der Waals surface area contributed by atoms with Crippen LogP contribution >= 0.6 is 0 Å². The van der Waals surface area contributed by atoms with E-state index in [1.54, 1.807) is 6.26 Å². The van der Waals surface area contributed by atoms with Gasteiger partial charge in [0.1, 0.15) is 5.41 Å². The summed E-state index contributed by atoms with van der Waals surface area (Å²) in [6.45, 7) is 12.1. The fourth-order valence-electron chi connectivity index (χ4n) is 13.4. The molecule has 5 fully saturated rings. The predicted octanol–water partition coefficient (Wildman–Crippen LogP) is 7.98. The van der Waals surface area contributed by atoms with Gasteiger partial charge >= 0.3 is 11.9 Å². The zero-order valence-corrected chi connectivity index (χ0v) is 28.6. The van der Waals surface area contributed by atoms with Crippen LogP contribution in [0.25, 0.3) is 0 Å². The van der Waals surface area contributed by atoms with Crippen molar-refractivity contribution in [3.8, 4) is 0 Å². The summed E-state index contributed by atoms with van der Waals surface area (Å²) in [6, 6.07) is 2.02. The molecular formula is C40H50O7. The van der Waals surface area contributed by atoms with Gasteiger partial charge in [0.25, 0.3) is 0 Å². The molecule has 9 rings (SSSR count). The first kappa shape index (κ1) is 30.4. The van der Waals surface area contributed by atoms with Crippen molar-refractivity contribution < 1.29 is 33.3 Å². The summed E-state index contributed by atoms with van der Waals surface area (Å²) in [7, 11) is 0. The molecule has 252 valence electrons. The predicted molar refractivity (Wildman–Crippen MR) is 174 cm³/mol. The van der Waals surface area contributed by atoms with Crippen molar-refractivity contribution in [2.75, 3.05) is 6.61 Å². The number of ether oxygens (including phenoxy) is 3. The summed E-state index contributed by atoms with van der Waals surface area (Å²) < 4.78 is 25.5. The Morgan fingerprint density at radius 2 is 1.91 bits per heavy atom. The van der Waals surface area contributed by atoms with E-state index in [4.69, 9.17) is 18.6 Å². The summed E-state index contributed by atoms with van der Waals surface area (Å²) in [4.78, 5) is 26.8. The van der Waals surface area contributed by atoms with Crippen LogP contribution in [0.3, 0.4) is 0 Å². The zero-order chi connectivity index (χ0) is 32.8. The second-order valence-corrected chi connectivity index (χ2v) is 17.6. The van der Waals surface area contributed by atoms with Crippen molar-refractivity contribution in [1.82, 2.24) is 0 Å². The third-order valence-electron chi connectivity index (χ3n) is 16.3. The minimum atomic E-state index is -0.755. The van der Waals surface area contributed by atoms with Gasteiger partial charge in [0.05, 0.1) is 43.0 Å². The van der Waals surface area contributed by atoms with E-state index >= 15 is 0 Å². The summed E-state index contributed by atoms with van der Waals surface area (Å²) in [5.74, 6) is 0.0857. The Morgan fingerprint density at radius 1 is 1.09 bits per heavy atom. The van der Waals surface area contributed by atoms with Gasteiger partial charge in [-0.3, -0.25) is 4.79 Å². The highest BCUT2D eigenvalue weighted by Gasteiger charge is 2.82. The van der Waals surface area contributed by atoms with Crippen molar-refractivity contribution in [3.05, 3.63) is 59.6 Å². The summed E-state index contributed by atoms with van der Waals surface area (Å²) in [5, 5.41) is 10.2. The number of allylic oxidation sites excluding steroid dienone is 2. The van der Waals surface area contributed by atoms with Crippen LogP contribution in [0, 0.1) is 50.7 Å². The lowest BCUT2D eigenvalue weighted by atomic mass is 9.38. The number of fused-ring (bicyclic) bond motifs is 6. The van der Waals surface area contributed by atoms with Crippen LogP contribution in [0.2, 0.25) is 0 Å². The molecule has 7 nitrogen and oxygen atoms in total. The number of rotatable bonds is 5. The number of esters is 1. The number of furan rings is 1. The lowest BCUT2D eigenvalue weighted by Crippen LogP contribution is -2.66. The standard InChI is InChI=1S/C40H50O7/c1-23-11-14-36(3)27(33(41)42)7-6-8-30(36)35(23,2)15-12-24-19-28-26-9-10-31-37(4)20-29(25-13-18-44-21-25)47-38(37,5)16-17-39(31)22-45-34(43)40(26,39)32(24)46-28/h7,9-10,13,18-19,21,23,26,28-32H,6,8,11-12,14-17,20,22H2,1-5H3,(H,41,42)/t23-,26-,28+,29-,30-,31+,32-,35-,36-,37+,38-,39+,40-/m1/s1. The number of hydrogen-bond acceptors (Lipinski definition) is 6. The molecule has 4 aliphatic heterocycles. The summed E-state index contributed by atoms with van der Waals surface area (Å²) >= 11 is 0. The van der Waals surface area contributed by atoms with Gasteiger partial charge in [-0.15, -0.1) is 0 Å². The van der Waals surface area contributed by atoms with E-state index in [1.807, 2.05) is 18.4 Å². The molecule has 4 aliphatic carbocycles. The molecule has 1 aromatic rings. The van der Waals surface area contributed by atoms with Crippen LogP contribution in [-0.2, 0) is 23.8 Å². The second-order valence-electron chi connectivity index (χ2n) is 17.6. The highest BCUT2D eigenvalue weighted by Crippen LogP contribution is 2.77. The number of carbonyl (C=O) groups excluding carboxylic acids is 1. The molecule has 0 amide bonds. The molecular weight excluding hydrogens is 592 g/mol. The molecule has 2 saturated carbocycles. The molecule has 1 N–H and O–H groups in total. The van der Waals surface area contributed by atoms with Crippen molar-refractivity contribution in [3.63, 3.8) is 0 Å². The van der Waals surface area contributed by atoms with E-state index < -0.39 is 11.4 Å². The Balaban J connectivity index is 1.05. The lowest BCUT2D eigenvalue weighted by Gasteiger charge is -2.62. The molecule has 5 heterocycles. The number of carbonyl (C=O) groups is 2. The number of carboxylic acid groups (broad SMARTS) is 1. The van der Waals surface area contributed by atoms with Gasteiger partial charge in [0.15, 0.2) is 0 Å². The van der Waals surface area contributed by atoms with Crippen LogP contribution in [0.5, 0.6) is 0 Å². The smallest absolute Gasteiger partial charge is 0.331 e. The normalized spacial score (nSPS) is 52.1. The number of aliphatic carboxylic acids is 1. The van der Waals surface area contributed by atoms with Crippen LogP contribution in [0.15, 0.2) is 58.5 Å². The molecule has 47 heavy (non-hydrogen) atoms. The molecule has 13 atom stereocenters. The average molecular weight is 643 g/mol. The Bertz CT molecular complexity index is 1620. The van der Waals surface area contributed by atoms with Crippen LogP contribution < -0.4 is 0 Å². The summed E-state index contributed by atoms with van der Waals surface area (Å²) in [5.41, 5.74) is 1.07. The van der Waals surface area contributed by atoms with Gasteiger partial charge < -0.3 is 23.7 Å². The molecule has 3 saturated heterocycles. The van der Waals surface area contributed by atoms with Gasteiger partial charge in [-0.1, -0.05) is 52.0 Å². The van der Waals surface area contributed by atoms with Gasteiger partial charge in [-0.05, 0) is 99.5 Å². The summed E-state index contributed by atoms with van der Waals surface area (Å²) in [6.07, 6.45) is 20.4. The molecule has 7 heteroatoms. The fourth-order valence-corrected chi connectivity index (χ4v) is 13.4. The SMILES string of the molecule is C[C@@H]1CC[C@]2(C)C(C(=O)O)=CCC[C@@H]2[C@]1(C)CCC1=C[C@@H]2O[C@H]1[C@]13C(=O)OC[C@]14CC[C@@]1(C)O[C@@H](c5ccoc5)C[C@@]1(C)[C@@H]4C=C[C@H]23. The van der Waals surface area contributed by atoms with Gasteiger partial charge in [0.2, 0.25) is 0 Å². The highest BCUT2D eigenvalue weighted by molar-refractivity contribution is 5.88. The molecule has 8 aliphatic rings. The first-order chi connectivity index (χ1) is 22.3.